The van der Waals surface area contributed by atoms with E-state index in [1.54, 1.807) is 18.2 Å². The normalized spacial score (nSPS) is 22.2. The van der Waals surface area contributed by atoms with Crippen LogP contribution < -0.4 is 4.74 Å². The van der Waals surface area contributed by atoms with Gasteiger partial charge in [-0.05, 0) is 56.3 Å². The smallest absolute Gasteiger partial charge is 0.405 e. The Morgan fingerprint density at radius 3 is 2.30 bits per heavy atom. The summed E-state index contributed by atoms with van der Waals surface area (Å²) in [6, 6.07) is 7.10. The van der Waals surface area contributed by atoms with Gasteiger partial charge in [0.05, 0.1) is 0 Å². The van der Waals surface area contributed by atoms with Gasteiger partial charge in [0.1, 0.15) is 5.75 Å². The molecule has 2 heterocycles. The van der Waals surface area contributed by atoms with Crippen molar-refractivity contribution in [1.82, 2.24) is 4.90 Å². The van der Waals surface area contributed by atoms with E-state index < -0.39 is 6.36 Å². The second kappa shape index (κ2) is 7.09. The minimum absolute atomic E-state index is 0.0514. The molecule has 0 saturated carbocycles. The summed E-state index contributed by atoms with van der Waals surface area (Å²) >= 11 is 0. The van der Waals surface area contributed by atoms with Crippen LogP contribution in [0.3, 0.4) is 0 Å². The molecule has 6 heteroatoms. The number of ether oxygens (including phenoxy) is 2. The number of hydrogen-bond donors (Lipinski definition) is 0. The van der Waals surface area contributed by atoms with Crippen LogP contribution >= 0.6 is 0 Å². The number of para-hydroxylation sites is 1. The minimum atomic E-state index is -4.64. The molecule has 0 bridgehead atoms. The Kier molecular flexibility index (Phi) is 5.11. The highest BCUT2D eigenvalue weighted by molar-refractivity contribution is 5.36. The molecule has 0 radical (unpaired) electrons. The van der Waals surface area contributed by atoms with Gasteiger partial charge < -0.3 is 14.4 Å². The van der Waals surface area contributed by atoms with Gasteiger partial charge in [0.25, 0.3) is 0 Å². The quantitative estimate of drug-likeness (QED) is 0.838. The van der Waals surface area contributed by atoms with Crippen molar-refractivity contribution in [2.24, 2.45) is 0 Å². The molecule has 0 aromatic heterocycles. The molecule has 0 spiro atoms. The lowest BCUT2D eigenvalue weighted by molar-refractivity contribution is -0.275. The molecule has 1 aromatic carbocycles. The third-order valence-corrected chi connectivity index (χ3v) is 4.82. The molecule has 23 heavy (non-hydrogen) atoms. The van der Waals surface area contributed by atoms with Crippen LogP contribution in [0, 0.1) is 0 Å². The summed E-state index contributed by atoms with van der Waals surface area (Å²) in [5, 5.41) is 0. The average Bonchev–Trinajstić information content (AvgIpc) is 2.55. The summed E-state index contributed by atoms with van der Waals surface area (Å²) in [7, 11) is 0. The van der Waals surface area contributed by atoms with E-state index in [1.165, 1.54) is 6.07 Å². The van der Waals surface area contributed by atoms with Crippen LogP contribution in [0.1, 0.15) is 37.2 Å². The molecule has 3 nitrogen and oxygen atoms in total. The summed E-state index contributed by atoms with van der Waals surface area (Å²) in [5.41, 5.74) is 0.677. The first-order valence-electron chi connectivity index (χ1n) is 8.19. The Hall–Kier alpha value is -1.27. The lowest BCUT2D eigenvalue weighted by Gasteiger charge is -2.39. The molecule has 2 aliphatic heterocycles. The lowest BCUT2D eigenvalue weighted by Crippen LogP contribution is -2.43. The van der Waals surface area contributed by atoms with Crippen molar-refractivity contribution in [2.75, 3.05) is 26.3 Å². The largest absolute Gasteiger partial charge is 0.573 e. The minimum Gasteiger partial charge on any atom is -0.405 e. The van der Waals surface area contributed by atoms with E-state index >= 15 is 0 Å². The third-order valence-electron chi connectivity index (χ3n) is 4.82. The second-order valence-corrected chi connectivity index (χ2v) is 6.24. The number of likely N-dealkylation sites (tertiary alicyclic amines) is 1. The molecular formula is C17H22F3NO2. The second-order valence-electron chi connectivity index (χ2n) is 6.24. The van der Waals surface area contributed by atoms with Gasteiger partial charge in [-0.2, -0.15) is 0 Å². The van der Waals surface area contributed by atoms with Crippen LogP contribution in [-0.4, -0.2) is 43.6 Å². The molecule has 0 atom stereocenters. The summed E-state index contributed by atoms with van der Waals surface area (Å²) in [6.45, 7) is 3.48. The SMILES string of the molecule is FC(F)(F)Oc1ccccc1C1CCN(C2CCOCC2)CC1. The van der Waals surface area contributed by atoms with Crippen LogP contribution in [0.2, 0.25) is 0 Å². The summed E-state index contributed by atoms with van der Waals surface area (Å²) in [6.07, 6.45) is -0.791. The number of alkyl halides is 3. The van der Waals surface area contributed by atoms with Gasteiger partial charge in [-0.15, -0.1) is 13.2 Å². The van der Waals surface area contributed by atoms with Crippen molar-refractivity contribution >= 4 is 0 Å². The summed E-state index contributed by atoms with van der Waals surface area (Å²) in [4.78, 5) is 2.46. The molecule has 2 aliphatic rings. The van der Waals surface area contributed by atoms with Crippen molar-refractivity contribution in [3.05, 3.63) is 29.8 Å². The highest BCUT2D eigenvalue weighted by Gasteiger charge is 2.34. The topological polar surface area (TPSA) is 21.7 Å². The van der Waals surface area contributed by atoms with E-state index in [-0.39, 0.29) is 11.7 Å². The van der Waals surface area contributed by atoms with Crippen molar-refractivity contribution in [1.29, 1.82) is 0 Å². The van der Waals surface area contributed by atoms with Gasteiger partial charge in [-0.1, -0.05) is 18.2 Å². The van der Waals surface area contributed by atoms with Gasteiger partial charge in [-0.3, -0.25) is 0 Å². The average molecular weight is 329 g/mol. The van der Waals surface area contributed by atoms with Crippen molar-refractivity contribution in [3.63, 3.8) is 0 Å². The number of piperidine rings is 1. The van der Waals surface area contributed by atoms with Crippen molar-refractivity contribution in [3.8, 4) is 5.75 Å². The maximum atomic E-state index is 12.6. The van der Waals surface area contributed by atoms with Gasteiger partial charge in [-0.25, -0.2) is 0 Å². The monoisotopic (exact) mass is 329 g/mol. The Labute approximate surface area is 134 Å². The molecule has 0 aliphatic carbocycles. The first-order chi connectivity index (χ1) is 11.0. The van der Waals surface area contributed by atoms with Gasteiger partial charge in [0, 0.05) is 19.3 Å². The van der Waals surface area contributed by atoms with Gasteiger partial charge in [0.15, 0.2) is 0 Å². The fraction of sp³-hybridized carbons (Fsp3) is 0.647. The van der Waals surface area contributed by atoms with Crippen LogP contribution in [0.4, 0.5) is 13.2 Å². The standard InChI is InChI=1S/C17H22F3NO2/c18-17(19,20)23-16-4-2-1-3-15(16)13-5-9-21(10-6-13)14-7-11-22-12-8-14/h1-4,13-14H,5-12H2. The zero-order valence-electron chi connectivity index (χ0n) is 13.0. The molecule has 2 fully saturated rings. The number of benzene rings is 1. The molecule has 1 aromatic rings. The first-order valence-corrected chi connectivity index (χ1v) is 8.19. The first kappa shape index (κ1) is 16.6. The fourth-order valence-electron chi connectivity index (χ4n) is 3.66. The number of rotatable bonds is 3. The van der Waals surface area contributed by atoms with E-state index in [4.69, 9.17) is 4.74 Å². The zero-order chi connectivity index (χ0) is 16.3. The highest BCUT2D eigenvalue weighted by atomic mass is 19.4. The fourth-order valence-corrected chi connectivity index (χ4v) is 3.66. The third kappa shape index (κ3) is 4.38. The number of hydrogen-bond acceptors (Lipinski definition) is 3. The van der Waals surface area contributed by atoms with Crippen molar-refractivity contribution < 1.29 is 22.6 Å². The number of halogens is 3. The van der Waals surface area contributed by atoms with Crippen LogP contribution in [0.15, 0.2) is 24.3 Å². The molecule has 3 rings (SSSR count). The molecule has 2 saturated heterocycles. The number of nitrogens with zero attached hydrogens (tertiary/aromatic N) is 1. The Morgan fingerprint density at radius 2 is 1.65 bits per heavy atom. The Bertz CT molecular complexity index is 507. The van der Waals surface area contributed by atoms with E-state index in [0.29, 0.717) is 11.6 Å². The van der Waals surface area contributed by atoms with E-state index in [2.05, 4.69) is 9.64 Å². The predicted octanol–water partition coefficient (Wildman–Crippen LogP) is 3.94. The highest BCUT2D eigenvalue weighted by Crippen LogP contribution is 2.37. The molecule has 128 valence electrons. The maximum absolute atomic E-state index is 12.6. The van der Waals surface area contributed by atoms with E-state index in [0.717, 1.165) is 52.0 Å². The summed E-state index contributed by atoms with van der Waals surface area (Å²) < 4.78 is 47.2. The van der Waals surface area contributed by atoms with E-state index in [1.807, 2.05) is 0 Å². The molecule has 0 unspecified atom stereocenters. The van der Waals surface area contributed by atoms with Gasteiger partial charge in [0.2, 0.25) is 0 Å². The van der Waals surface area contributed by atoms with Crippen LogP contribution in [0.25, 0.3) is 0 Å². The Balaban J connectivity index is 1.63. The molecular weight excluding hydrogens is 307 g/mol. The zero-order valence-corrected chi connectivity index (χ0v) is 13.0. The van der Waals surface area contributed by atoms with Crippen LogP contribution in [-0.2, 0) is 4.74 Å². The van der Waals surface area contributed by atoms with Crippen molar-refractivity contribution in [2.45, 2.75) is 44.0 Å². The Morgan fingerprint density at radius 1 is 1.00 bits per heavy atom. The van der Waals surface area contributed by atoms with Gasteiger partial charge >= 0.3 is 6.36 Å². The predicted molar refractivity (Wildman–Crippen MR) is 80.5 cm³/mol. The molecule has 0 amide bonds. The molecule has 0 N–H and O–H groups in total. The van der Waals surface area contributed by atoms with E-state index in [9.17, 15) is 13.2 Å². The maximum Gasteiger partial charge on any atom is 0.573 e. The lowest BCUT2D eigenvalue weighted by atomic mass is 9.87. The summed E-state index contributed by atoms with van der Waals surface area (Å²) in [5.74, 6) is 0.0779. The van der Waals surface area contributed by atoms with Crippen LogP contribution in [0.5, 0.6) is 5.75 Å².